The van der Waals surface area contributed by atoms with Gasteiger partial charge in [-0.15, -0.1) is 11.0 Å². The zero-order valence-corrected chi connectivity index (χ0v) is 17.3. The van der Waals surface area contributed by atoms with E-state index in [1.165, 1.54) is 47.4 Å². The molecule has 2 amide bonds. The van der Waals surface area contributed by atoms with Gasteiger partial charge < -0.3 is 5.32 Å². The molecule has 1 N–H and O–H groups in total. The number of hydrogen-bond acceptors (Lipinski definition) is 5. The number of hydrogen-bond donors (Lipinski definition) is 1. The fourth-order valence-corrected chi connectivity index (χ4v) is 5.05. The van der Waals surface area contributed by atoms with Crippen LogP contribution in [0.25, 0.3) is 0 Å². The standard InChI is InChI=1S/C20H18FN3O4S2/c1-2-12-24-19(26)17(13-18(25)22-15-10-8-14(21)9-11-15)29-20(24)23-30(27,28)16-6-4-3-5-7-16/h2-11,17H,1,12-13H2,(H,22,25)/b23-20-. The summed E-state index contributed by atoms with van der Waals surface area (Å²) in [7, 11) is -4.02. The molecule has 156 valence electrons. The third-order valence-electron chi connectivity index (χ3n) is 4.07. The van der Waals surface area contributed by atoms with Gasteiger partial charge in [0.05, 0.1) is 4.90 Å². The number of benzene rings is 2. The van der Waals surface area contributed by atoms with Gasteiger partial charge in [-0.05, 0) is 36.4 Å². The molecule has 2 aromatic rings. The lowest BCUT2D eigenvalue weighted by Gasteiger charge is -2.13. The van der Waals surface area contributed by atoms with Gasteiger partial charge in [-0.25, -0.2) is 4.39 Å². The van der Waals surface area contributed by atoms with Crippen LogP contribution in [0.15, 0.2) is 76.5 Å². The van der Waals surface area contributed by atoms with E-state index in [9.17, 15) is 22.4 Å². The molecule has 0 bridgehead atoms. The van der Waals surface area contributed by atoms with E-state index in [0.717, 1.165) is 11.8 Å². The minimum atomic E-state index is -4.02. The second-order valence-corrected chi connectivity index (χ2v) is 9.04. The molecular weight excluding hydrogens is 429 g/mol. The number of halogens is 1. The van der Waals surface area contributed by atoms with Crippen LogP contribution in [-0.2, 0) is 19.6 Å². The van der Waals surface area contributed by atoms with Gasteiger partial charge in [-0.2, -0.15) is 8.42 Å². The van der Waals surface area contributed by atoms with Crippen molar-refractivity contribution in [2.45, 2.75) is 16.6 Å². The summed E-state index contributed by atoms with van der Waals surface area (Å²) in [6.07, 6.45) is 1.25. The molecule has 10 heteroatoms. The van der Waals surface area contributed by atoms with Crippen LogP contribution in [0.5, 0.6) is 0 Å². The summed E-state index contributed by atoms with van der Waals surface area (Å²) in [5.74, 6) is -1.33. The molecule has 0 saturated carbocycles. The van der Waals surface area contributed by atoms with E-state index in [-0.39, 0.29) is 23.0 Å². The van der Waals surface area contributed by atoms with Gasteiger partial charge in [0.25, 0.3) is 10.0 Å². The van der Waals surface area contributed by atoms with Gasteiger partial charge in [0.15, 0.2) is 5.17 Å². The molecule has 2 aromatic carbocycles. The molecular formula is C20H18FN3O4S2. The number of carbonyl (C=O) groups excluding carboxylic acids is 2. The number of nitrogens with one attached hydrogen (secondary N) is 1. The largest absolute Gasteiger partial charge is 0.326 e. The highest BCUT2D eigenvalue weighted by Gasteiger charge is 2.39. The van der Waals surface area contributed by atoms with E-state index in [1.807, 2.05) is 0 Å². The van der Waals surface area contributed by atoms with Gasteiger partial charge >= 0.3 is 0 Å². The van der Waals surface area contributed by atoms with Crippen molar-refractivity contribution < 1.29 is 22.4 Å². The lowest BCUT2D eigenvalue weighted by Crippen LogP contribution is -2.33. The lowest BCUT2D eigenvalue weighted by atomic mass is 10.2. The van der Waals surface area contributed by atoms with Crippen molar-refractivity contribution in [1.29, 1.82) is 0 Å². The van der Waals surface area contributed by atoms with Gasteiger partial charge in [0, 0.05) is 18.7 Å². The van der Waals surface area contributed by atoms with E-state index >= 15 is 0 Å². The molecule has 1 heterocycles. The third-order valence-corrected chi connectivity index (χ3v) is 6.64. The van der Waals surface area contributed by atoms with Crippen molar-refractivity contribution in [3.63, 3.8) is 0 Å². The van der Waals surface area contributed by atoms with E-state index in [4.69, 9.17) is 0 Å². The van der Waals surface area contributed by atoms with Crippen LogP contribution in [0, 0.1) is 5.82 Å². The van der Waals surface area contributed by atoms with Crippen LogP contribution in [0.1, 0.15) is 6.42 Å². The van der Waals surface area contributed by atoms with Gasteiger partial charge in [-0.3, -0.25) is 14.5 Å². The molecule has 1 saturated heterocycles. The lowest BCUT2D eigenvalue weighted by molar-refractivity contribution is -0.127. The Morgan fingerprint density at radius 1 is 1.20 bits per heavy atom. The highest BCUT2D eigenvalue weighted by molar-refractivity contribution is 8.16. The van der Waals surface area contributed by atoms with Crippen LogP contribution >= 0.6 is 11.8 Å². The number of nitrogens with zero attached hydrogens (tertiary/aromatic N) is 2. The third kappa shape index (κ3) is 5.14. The van der Waals surface area contributed by atoms with E-state index in [0.29, 0.717) is 5.69 Å². The normalized spacial score (nSPS) is 17.9. The summed E-state index contributed by atoms with van der Waals surface area (Å²) >= 11 is 0.908. The highest BCUT2D eigenvalue weighted by Crippen LogP contribution is 2.31. The van der Waals surface area contributed by atoms with Crippen molar-refractivity contribution >= 4 is 44.5 Å². The Kier molecular flexibility index (Phi) is 6.68. The summed E-state index contributed by atoms with van der Waals surface area (Å²) in [5, 5.41) is 1.74. The average Bonchev–Trinajstić information content (AvgIpc) is 2.99. The smallest absolute Gasteiger partial charge is 0.284 e. The Bertz CT molecular complexity index is 1090. The van der Waals surface area contributed by atoms with Gasteiger partial charge in [0.2, 0.25) is 11.8 Å². The molecule has 1 aliphatic heterocycles. The van der Waals surface area contributed by atoms with Gasteiger partial charge in [0.1, 0.15) is 11.1 Å². The maximum absolute atomic E-state index is 13.0. The molecule has 0 aromatic heterocycles. The van der Waals surface area contributed by atoms with Crippen LogP contribution in [0.4, 0.5) is 10.1 Å². The number of anilines is 1. The Morgan fingerprint density at radius 2 is 1.87 bits per heavy atom. The van der Waals surface area contributed by atoms with Crippen LogP contribution in [0.3, 0.4) is 0 Å². The molecule has 0 spiro atoms. The maximum atomic E-state index is 13.0. The monoisotopic (exact) mass is 447 g/mol. The van der Waals surface area contributed by atoms with Crippen LogP contribution < -0.4 is 5.32 Å². The fraction of sp³-hybridized carbons (Fsp3) is 0.150. The summed E-state index contributed by atoms with van der Waals surface area (Å²) < 4.78 is 41.9. The molecule has 7 nitrogen and oxygen atoms in total. The summed E-state index contributed by atoms with van der Waals surface area (Å²) in [6.45, 7) is 3.64. The Hall–Kier alpha value is -2.98. The molecule has 1 unspecified atom stereocenters. The van der Waals surface area contributed by atoms with Crippen molar-refractivity contribution in [3.8, 4) is 0 Å². The summed E-state index contributed by atoms with van der Waals surface area (Å²) in [5.41, 5.74) is 0.389. The SMILES string of the molecule is C=CCN1C(=O)C(CC(=O)Nc2ccc(F)cc2)S/C1=N\S(=O)(=O)c1ccccc1. The predicted molar refractivity (Wildman–Crippen MR) is 114 cm³/mol. The van der Waals surface area contributed by atoms with Crippen LogP contribution in [-0.4, -0.2) is 42.1 Å². The van der Waals surface area contributed by atoms with E-state index in [1.54, 1.807) is 18.2 Å². The number of thioether (sulfide) groups is 1. The fourth-order valence-electron chi connectivity index (χ4n) is 2.67. The highest BCUT2D eigenvalue weighted by atomic mass is 32.2. The van der Waals surface area contributed by atoms with Crippen LogP contribution in [0.2, 0.25) is 0 Å². The molecule has 3 rings (SSSR count). The number of sulfonamides is 1. The number of amides is 2. The first-order chi connectivity index (χ1) is 14.3. The molecule has 30 heavy (non-hydrogen) atoms. The zero-order valence-electron chi connectivity index (χ0n) is 15.7. The summed E-state index contributed by atoms with van der Waals surface area (Å²) in [6, 6.07) is 12.9. The van der Waals surface area contributed by atoms with E-state index in [2.05, 4.69) is 16.3 Å². The Morgan fingerprint density at radius 3 is 2.50 bits per heavy atom. The first-order valence-corrected chi connectivity index (χ1v) is 11.2. The maximum Gasteiger partial charge on any atom is 0.284 e. The summed E-state index contributed by atoms with van der Waals surface area (Å²) in [4.78, 5) is 26.2. The molecule has 0 aliphatic carbocycles. The molecule has 1 atom stereocenters. The Labute approximate surface area is 177 Å². The van der Waals surface area contributed by atoms with Crippen molar-refractivity contribution in [1.82, 2.24) is 4.90 Å². The zero-order chi connectivity index (χ0) is 21.7. The average molecular weight is 448 g/mol. The quantitative estimate of drug-likeness (QED) is 0.659. The van der Waals surface area contributed by atoms with Crippen molar-refractivity contribution in [2.75, 3.05) is 11.9 Å². The molecule has 1 fully saturated rings. The first-order valence-electron chi connectivity index (χ1n) is 8.84. The minimum absolute atomic E-state index is 0.00149. The first kappa shape index (κ1) is 21.7. The van der Waals surface area contributed by atoms with Gasteiger partial charge in [-0.1, -0.05) is 36.0 Å². The topological polar surface area (TPSA) is 95.9 Å². The number of rotatable bonds is 7. The predicted octanol–water partition coefficient (Wildman–Crippen LogP) is 3.03. The number of amidine groups is 1. The van der Waals surface area contributed by atoms with E-state index < -0.39 is 32.9 Å². The second kappa shape index (κ2) is 9.23. The number of carbonyl (C=O) groups is 2. The van der Waals surface area contributed by atoms with Crippen molar-refractivity contribution in [2.24, 2.45) is 4.40 Å². The molecule has 0 radical (unpaired) electrons. The Balaban J connectivity index is 1.78. The minimum Gasteiger partial charge on any atom is -0.326 e. The van der Waals surface area contributed by atoms with Crippen molar-refractivity contribution in [3.05, 3.63) is 73.1 Å². The molecule has 1 aliphatic rings. The second-order valence-electron chi connectivity index (χ2n) is 6.27.